The molecule has 0 unspecified atom stereocenters. The molecule has 0 aliphatic heterocycles. The largest absolute Gasteiger partial charge is 0.467 e. The first-order valence-corrected chi connectivity index (χ1v) is 5.88. The Morgan fingerprint density at radius 2 is 2.41 bits per heavy atom. The van der Waals surface area contributed by atoms with Gasteiger partial charge < -0.3 is 20.2 Å². The first-order chi connectivity index (χ1) is 8.21. The van der Waals surface area contributed by atoms with Crippen LogP contribution in [0.25, 0.3) is 0 Å². The Kier molecular flexibility index (Phi) is 3.81. The predicted molar refractivity (Wildman–Crippen MR) is 62.1 cm³/mol. The maximum atomic E-state index is 11.5. The number of hydrogen-bond acceptors (Lipinski definition) is 4. The smallest absolute Gasteiger partial charge is 0.240 e. The minimum atomic E-state index is -0.574. The van der Waals surface area contributed by atoms with Gasteiger partial charge in [0.15, 0.2) is 0 Å². The summed E-state index contributed by atoms with van der Waals surface area (Å²) in [5.41, 5.74) is 5.17. The number of nitrogens with one attached hydrogen (secondary N) is 1. The van der Waals surface area contributed by atoms with Crippen molar-refractivity contribution >= 4 is 5.91 Å². The van der Waals surface area contributed by atoms with Crippen molar-refractivity contribution in [3.8, 4) is 0 Å². The minimum absolute atomic E-state index is 0.0384. The van der Waals surface area contributed by atoms with Crippen LogP contribution in [-0.2, 0) is 16.1 Å². The van der Waals surface area contributed by atoms with E-state index in [1.54, 1.807) is 6.26 Å². The third-order valence-electron chi connectivity index (χ3n) is 2.82. The Morgan fingerprint density at radius 3 is 3.06 bits per heavy atom. The molecule has 0 radical (unpaired) electrons. The second kappa shape index (κ2) is 5.33. The van der Waals surface area contributed by atoms with E-state index in [4.69, 9.17) is 14.9 Å². The highest BCUT2D eigenvalue weighted by Crippen LogP contribution is 2.31. The van der Waals surface area contributed by atoms with Gasteiger partial charge >= 0.3 is 0 Å². The fourth-order valence-electron chi connectivity index (χ4n) is 1.48. The molecule has 1 aromatic rings. The molecule has 1 amide bonds. The van der Waals surface area contributed by atoms with Gasteiger partial charge in [0.05, 0.1) is 11.8 Å². The number of carbonyl (C=O) groups is 1. The van der Waals surface area contributed by atoms with Gasteiger partial charge in [0.2, 0.25) is 5.91 Å². The fourth-order valence-corrected chi connectivity index (χ4v) is 1.48. The maximum absolute atomic E-state index is 11.5. The molecule has 0 bridgehead atoms. The van der Waals surface area contributed by atoms with Crippen LogP contribution in [0.4, 0.5) is 0 Å². The second-order valence-electron chi connectivity index (χ2n) is 4.40. The maximum Gasteiger partial charge on any atom is 0.240 e. The van der Waals surface area contributed by atoms with E-state index in [1.807, 2.05) is 12.1 Å². The number of hydrogen-bond donors (Lipinski definition) is 2. The fraction of sp³-hybridized carbons (Fsp3) is 0.583. The lowest BCUT2D eigenvalue weighted by molar-refractivity contribution is -0.123. The minimum Gasteiger partial charge on any atom is -0.467 e. The van der Waals surface area contributed by atoms with Crippen molar-refractivity contribution in [1.29, 1.82) is 0 Å². The molecular weight excluding hydrogens is 220 g/mol. The second-order valence-corrected chi connectivity index (χ2v) is 4.40. The molecule has 0 spiro atoms. The Morgan fingerprint density at radius 1 is 1.59 bits per heavy atom. The van der Waals surface area contributed by atoms with Gasteiger partial charge in [0.1, 0.15) is 12.4 Å². The van der Waals surface area contributed by atoms with Gasteiger partial charge in [-0.1, -0.05) is 0 Å². The topological polar surface area (TPSA) is 77.5 Å². The molecule has 17 heavy (non-hydrogen) atoms. The molecule has 1 aliphatic rings. The summed E-state index contributed by atoms with van der Waals surface area (Å²) in [7, 11) is 0. The standard InChI is InChI=1S/C12H18N2O3/c13-12(4-5-12)11(15)14-6-2-7-16-9-10-3-1-8-17-10/h1,3,8H,2,4-7,9,13H2,(H,14,15). The van der Waals surface area contributed by atoms with Crippen LogP contribution in [0.2, 0.25) is 0 Å². The van der Waals surface area contributed by atoms with Crippen molar-refractivity contribution in [2.24, 2.45) is 5.73 Å². The van der Waals surface area contributed by atoms with E-state index in [9.17, 15) is 4.79 Å². The summed E-state index contributed by atoms with van der Waals surface area (Å²) in [4.78, 5) is 11.5. The van der Waals surface area contributed by atoms with Crippen LogP contribution in [0.5, 0.6) is 0 Å². The average molecular weight is 238 g/mol. The van der Waals surface area contributed by atoms with Gasteiger partial charge in [-0.05, 0) is 31.4 Å². The molecule has 1 aliphatic carbocycles. The summed E-state index contributed by atoms with van der Waals surface area (Å²) in [5.74, 6) is 0.775. The van der Waals surface area contributed by atoms with E-state index in [-0.39, 0.29) is 5.91 Å². The van der Waals surface area contributed by atoms with Crippen LogP contribution in [0.1, 0.15) is 25.0 Å². The van der Waals surface area contributed by atoms with Gasteiger partial charge in [-0.3, -0.25) is 4.79 Å². The highest BCUT2D eigenvalue weighted by atomic mass is 16.5. The molecule has 1 fully saturated rings. The van der Waals surface area contributed by atoms with E-state index in [0.29, 0.717) is 19.8 Å². The summed E-state index contributed by atoms with van der Waals surface area (Å²) in [5, 5.41) is 2.81. The number of carbonyl (C=O) groups excluding carboxylic acids is 1. The van der Waals surface area contributed by atoms with Crippen LogP contribution in [0, 0.1) is 0 Å². The predicted octanol–water partition coefficient (Wildman–Crippen LogP) is 0.794. The lowest BCUT2D eigenvalue weighted by Gasteiger charge is -2.09. The quantitative estimate of drug-likeness (QED) is 0.689. The number of furan rings is 1. The normalized spacial score (nSPS) is 16.8. The van der Waals surface area contributed by atoms with Gasteiger partial charge in [-0.2, -0.15) is 0 Å². The average Bonchev–Trinajstić information content (AvgIpc) is 2.88. The van der Waals surface area contributed by atoms with Crippen molar-refractivity contribution in [1.82, 2.24) is 5.32 Å². The van der Waals surface area contributed by atoms with Crippen molar-refractivity contribution in [2.45, 2.75) is 31.4 Å². The SMILES string of the molecule is NC1(C(=O)NCCCOCc2ccco2)CC1. The number of rotatable bonds is 7. The van der Waals surface area contributed by atoms with Crippen molar-refractivity contribution < 1.29 is 13.9 Å². The first kappa shape index (κ1) is 12.1. The van der Waals surface area contributed by atoms with Crippen molar-refractivity contribution in [3.05, 3.63) is 24.2 Å². The third-order valence-corrected chi connectivity index (χ3v) is 2.82. The van der Waals surface area contributed by atoms with Crippen molar-refractivity contribution in [3.63, 3.8) is 0 Å². The van der Waals surface area contributed by atoms with Crippen LogP contribution in [0.15, 0.2) is 22.8 Å². The third kappa shape index (κ3) is 3.57. The molecule has 5 heteroatoms. The Hall–Kier alpha value is -1.33. The zero-order valence-electron chi connectivity index (χ0n) is 9.78. The zero-order chi connectivity index (χ0) is 12.1. The number of nitrogens with two attached hydrogens (primary N) is 1. The van der Waals surface area contributed by atoms with Crippen LogP contribution >= 0.6 is 0 Å². The molecule has 3 N–H and O–H groups in total. The van der Waals surface area contributed by atoms with Crippen LogP contribution in [-0.4, -0.2) is 24.6 Å². The van der Waals surface area contributed by atoms with Crippen LogP contribution < -0.4 is 11.1 Å². The Labute approximate surface area is 100 Å². The lowest BCUT2D eigenvalue weighted by Crippen LogP contribution is -2.43. The molecule has 1 aromatic heterocycles. The van der Waals surface area contributed by atoms with Gasteiger partial charge in [0, 0.05) is 13.2 Å². The van der Waals surface area contributed by atoms with Gasteiger partial charge in [0.25, 0.3) is 0 Å². The lowest BCUT2D eigenvalue weighted by atomic mass is 10.2. The van der Waals surface area contributed by atoms with Crippen molar-refractivity contribution in [2.75, 3.05) is 13.2 Å². The monoisotopic (exact) mass is 238 g/mol. The molecule has 94 valence electrons. The molecule has 2 rings (SSSR count). The Balaban J connectivity index is 1.48. The molecule has 0 atom stereocenters. The molecule has 0 saturated heterocycles. The van der Waals surface area contributed by atoms with E-state index >= 15 is 0 Å². The van der Waals surface area contributed by atoms with Gasteiger partial charge in [-0.15, -0.1) is 0 Å². The van der Waals surface area contributed by atoms with E-state index in [1.165, 1.54) is 0 Å². The van der Waals surface area contributed by atoms with E-state index in [0.717, 1.165) is 25.0 Å². The number of ether oxygens (including phenoxy) is 1. The molecule has 1 heterocycles. The zero-order valence-corrected chi connectivity index (χ0v) is 9.78. The summed E-state index contributed by atoms with van der Waals surface area (Å²) in [6.45, 7) is 1.68. The molecule has 5 nitrogen and oxygen atoms in total. The summed E-state index contributed by atoms with van der Waals surface area (Å²) >= 11 is 0. The summed E-state index contributed by atoms with van der Waals surface area (Å²) in [6.07, 6.45) is 4.00. The highest BCUT2D eigenvalue weighted by molar-refractivity contribution is 5.88. The summed E-state index contributed by atoms with van der Waals surface area (Å²) < 4.78 is 10.5. The van der Waals surface area contributed by atoms with E-state index in [2.05, 4.69) is 5.32 Å². The summed E-state index contributed by atoms with van der Waals surface area (Å²) in [6, 6.07) is 3.70. The van der Waals surface area contributed by atoms with E-state index < -0.39 is 5.54 Å². The Bertz CT molecular complexity index is 358. The molecule has 0 aromatic carbocycles. The van der Waals surface area contributed by atoms with Gasteiger partial charge in [-0.25, -0.2) is 0 Å². The first-order valence-electron chi connectivity index (χ1n) is 5.88. The van der Waals surface area contributed by atoms with Crippen LogP contribution in [0.3, 0.4) is 0 Å². The molecule has 1 saturated carbocycles. The number of amides is 1. The molecular formula is C12H18N2O3. The highest BCUT2D eigenvalue weighted by Gasteiger charge is 2.45.